The van der Waals surface area contributed by atoms with Gasteiger partial charge in [0.1, 0.15) is 5.75 Å². The van der Waals surface area contributed by atoms with Crippen LogP contribution in [0.15, 0.2) is 72.8 Å². The number of anilines is 1. The molecule has 280 valence electrons. The van der Waals surface area contributed by atoms with Gasteiger partial charge in [-0.2, -0.15) is 0 Å². The maximum absolute atomic E-state index is 12.5. The van der Waals surface area contributed by atoms with E-state index in [1.54, 1.807) is 17.0 Å². The van der Waals surface area contributed by atoms with Crippen LogP contribution in [-0.2, 0) is 11.0 Å². The molecule has 0 unspecified atom stereocenters. The number of piperidine rings is 1. The van der Waals surface area contributed by atoms with Crippen LogP contribution in [0.5, 0.6) is 5.75 Å². The lowest BCUT2D eigenvalue weighted by Gasteiger charge is -2.38. The number of aliphatic hydroxyl groups excluding tert-OH is 1. The molecule has 1 saturated heterocycles. The first-order valence-electron chi connectivity index (χ1n) is 19.1. The van der Waals surface area contributed by atoms with E-state index < -0.39 is 20.5 Å². The zero-order valence-corrected chi connectivity index (χ0v) is 32.7. The molecule has 0 bridgehead atoms. The Kier molecular flexibility index (Phi) is 15.6. The van der Waals surface area contributed by atoms with Crippen molar-refractivity contribution in [3.63, 3.8) is 0 Å². The number of benzene rings is 3. The standard InChI is InChI=1S/C42H63N3O5Si/c1-42(2,3)51(4,5)50-32-35-30-34(22-23-39(35)46)40(47)31-43-26-16-9-7-6-8-10-17-27-44-28-24-36(25-29-44)45(41(48)49)38-21-15-14-20-37(38)33-18-12-11-13-19-33/h11-15,18-23,30,36,40,43,46-47H,6-10,16-17,24-29,31-32H2,1-5H3,(H,48,49)/t40-/m0/s1. The molecule has 3 aromatic rings. The van der Waals surface area contributed by atoms with Crippen LogP contribution >= 0.6 is 0 Å². The van der Waals surface area contributed by atoms with E-state index in [1.165, 1.54) is 38.5 Å². The summed E-state index contributed by atoms with van der Waals surface area (Å²) in [4.78, 5) is 16.6. The number of hydrogen-bond donors (Lipinski definition) is 4. The van der Waals surface area contributed by atoms with E-state index in [2.05, 4.69) is 44.1 Å². The molecule has 0 spiro atoms. The van der Waals surface area contributed by atoms with Crippen molar-refractivity contribution in [3.05, 3.63) is 83.9 Å². The zero-order chi connectivity index (χ0) is 36.9. The SMILES string of the molecule is CC(C)(C)[Si](C)(C)OCc1cc([C@@H](O)CNCCCCCCCCCN2CCC(N(C(=O)O)c3ccccc3-c3ccccc3)CC2)ccc1O. The molecule has 51 heavy (non-hydrogen) atoms. The van der Waals surface area contributed by atoms with E-state index in [0.29, 0.717) is 13.2 Å². The maximum atomic E-state index is 12.5. The molecule has 1 aliphatic heterocycles. The largest absolute Gasteiger partial charge is 0.508 e. The number of phenolic OH excluding ortho intramolecular Hbond substituents is 1. The molecule has 8 nitrogen and oxygen atoms in total. The van der Waals surface area contributed by atoms with Crippen molar-refractivity contribution in [1.82, 2.24) is 10.2 Å². The van der Waals surface area contributed by atoms with E-state index in [-0.39, 0.29) is 16.8 Å². The Balaban J connectivity index is 1.06. The van der Waals surface area contributed by atoms with Crippen LogP contribution in [0.25, 0.3) is 11.1 Å². The van der Waals surface area contributed by atoms with Crippen molar-refractivity contribution >= 4 is 20.1 Å². The van der Waals surface area contributed by atoms with E-state index in [0.717, 1.165) is 73.4 Å². The average Bonchev–Trinajstić information content (AvgIpc) is 3.11. The van der Waals surface area contributed by atoms with Gasteiger partial charge in [-0.25, -0.2) is 4.79 Å². The highest BCUT2D eigenvalue weighted by molar-refractivity contribution is 6.74. The van der Waals surface area contributed by atoms with Crippen molar-refractivity contribution in [1.29, 1.82) is 0 Å². The van der Waals surface area contributed by atoms with Crippen LogP contribution in [0.1, 0.15) is 95.8 Å². The third-order valence-corrected chi connectivity index (χ3v) is 15.4. The molecule has 0 aliphatic carbocycles. The number of phenols is 1. The Bertz CT molecular complexity index is 1490. The summed E-state index contributed by atoms with van der Waals surface area (Å²) in [6.45, 7) is 15.7. The van der Waals surface area contributed by atoms with Gasteiger partial charge in [0.05, 0.1) is 18.4 Å². The molecule has 4 rings (SSSR count). The fourth-order valence-electron chi connectivity index (χ4n) is 6.63. The third kappa shape index (κ3) is 12.2. The molecule has 4 N–H and O–H groups in total. The number of hydrogen-bond acceptors (Lipinski definition) is 6. The highest BCUT2D eigenvalue weighted by Gasteiger charge is 2.37. The van der Waals surface area contributed by atoms with Gasteiger partial charge in [0.25, 0.3) is 0 Å². The molecule has 1 atom stereocenters. The van der Waals surface area contributed by atoms with Crippen LogP contribution < -0.4 is 10.2 Å². The predicted molar refractivity (Wildman–Crippen MR) is 212 cm³/mol. The number of amides is 1. The second-order valence-electron chi connectivity index (χ2n) is 15.7. The highest BCUT2D eigenvalue weighted by Crippen LogP contribution is 2.38. The van der Waals surface area contributed by atoms with Gasteiger partial charge in [-0.1, -0.05) is 107 Å². The first-order chi connectivity index (χ1) is 24.4. The Morgan fingerprint density at radius 2 is 1.55 bits per heavy atom. The number of unbranched alkanes of at least 4 members (excludes halogenated alkanes) is 6. The fourth-order valence-corrected chi connectivity index (χ4v) is 7.58. The van der Waals surface area contributed by atoms with E-state index >= 15 is 0 Å². The lowest BCUT2D eigenvalue weighted by molar-refractivity contribution is 0.174. The number of likely N-dealkylation sites (tertiary alicyclic amines) is 1. The number of para-hydroxylation sites is 1. The number of aliphatic hydroxyl groups is 1. The van der Waals surface area contributed by atoms with Crippen LogP contribution in [0.3, 0.4) is 0 Å². The molecule has 1 fully saturated rings. The summed E-state index contributed by atoms with van der Waals surface area (Å²) in [7, 11) is -1.94. The van der Waals surface area contributed by atoms with Crippen LogP contribution in [0, 0.1) is 0 Å². The predicted octanol–water partition coefficient (Wildman–Crippen LogP) is 9.58. The van der Waals surface area contributed by atoms with Gasteiger partial charge in [-0.15, -0.1) is 0 Å². The van der Waals surface area contributed by atoms with Gasteiger partial charge in [0, 0.05) is 36.8 Å². The second kappa shape index (κ2) is 19.6. The summed E-state index contributed by atoms with van der Waals surface area (Å²) >= 11 is 0. The summed E-state index contributed by atoms with van der Waals surface area (Å²) < 4.78 is 6.30. The zero-order valence-electron chi connectivity index (χ0n) is 31.7. The van der Waals surface area contributed by atoms with E-state index in [4.69, 9.17) is 4.43 Å². The minimum Gasteiger partial charge on any atom is -0.508 e. The molecule has 9 heteroatoms. The van der Waals surface area contributed by atoms with Crippen molar-refractivity contribution in [2.24, 2.45) is 0 Å². The molecular weight excluding hydrogens is 655 g/mol. The summed E-state index contributed by atoms with van der Waals surface area (Å²) in [6.07, 6.45) is 8.58. The molecule has 1 heterocycles. The lowest BCUT2D eigenvalue weighted by Crippen LogP contribution is -2.47. The fraction of sp³-hybridized carbons (Fsp3) is 0.548. The molecule has 0 saturated carbocycles. The van der Waals surface area contributed by atoms with Crippen molar-refractivity contribution < 1.29 is 24.5 Å². The first kappa shape index (κ1) is 40.6. The first-order valence-corrected chi connectivity index (χ1v) is 22.0. The number of carbonyl (C=O) groups is 1. The molecule has 1 aliphatic rings. The Morgan fingerprint density at radius 3 is 2.22 bits per heavy atom. The highest BCUT2D eigenvalue weighted by atomic mass is 28.4. The molecule has 0 aromatic heterocycles. The van der Waals surface area contributed by atoms with Gasteiger partial charge in [-0.05, 0) is 86.2 Å². The smallest absolute Gasteiger partial charge is 0.412 e. The van der Waals surface area contributed by atoms with Gasteiger partial charge in [0.15, 0.2) is 8.32 Å². The van der Waals surface area contributed by atoms with Crippen LogP contribution in [0.4, 0.5) is 10.5 Å². The number of rotatable bonds is 19. The van der Waals surface area contributed by atoms with Crippen molar-refractivity contribution in [2.45, 2.75) is 115 Å². The van der Waals surface area contributed by atoms with Crippen LogP contribution in [-0.4, -0.2) is 73.4 Å². The topological polar surface area (TPSA) is 106 Å². The summed E-state index contributed by atoms with van der Waals surface area (Å²) in [5.41, 5.74) is 4.29. The van der Waals surface area contributed by atoms with Gasteiger partial charge in [-0.3, -0.25) is 4.90 Å². The van der Waals surface area contributed by atoms with E-state index in [1.807, 2.05) is 60.7 Å². The maximum Gasteiger partial charge on any atom is 0.412 e. The number of carboxylic acid groups (broad SMARTS) is 1. The number of nitrogens with one attached hydrogen (secondary N) is 1. The minimum atomic E-state index is -1.94. The van der Waals surface area contributed by atoms with Gasteiger partial charge < -0.3 is 30.0 Å². The summed E-state index contributed by atoms with van der Waals surface area (Å²) in [5.74, 6) is 0.212. The van der Waals surface area contributed by atoms with E-state index in [9.17, 15) is 20.1 Å². The molecule has 0 radical (unpaired) electrons. The van der Waals surface area contributed by atoms with Crippen LogP contribution in [0.2, 0.25) is 18.1 Å². The Labute approximate surface area is 308 Å². The normalized spacial score (nSPS) is 15.2. The third-order valence-electron chi connectivity index (χ3n) is 10.9. The van der Waals surface area contributed by atoms with Gasteiger partial charge in [0.2, 0.25) is 0 Å². The molecular formula is C42H63N3O5Si. The monoisotopic (exact) mass is 717 g/mol. The Morgan fingerprint density at radius 1 is 0.922 bits per heavy atom. The summed E-state index contributed by atoms with van der Waals surface area (Å²) in [6, 6.07) is 23.2. The lowest BCUT2D eigenvalue weighted by atomic mass is 9.98. The number of nitrogens with zero attached hydrogens (tertiary/aromatic N) is 2. The van der Waals surface area contributed by atoms with Crippen molar-refractivity contribution in [3.8, 4) is 16.9 Å². The summed E-state index contributed by atoms with van der Waals surface area (Å²) in [5, 5.41) is 34.9. The van der Waals surface area contributed by atoms with Gasteiger partial charge >= 0.3 is 6.09 Å². The average molecular weight is 718 g/mol. The second-order valence-corrected chi connectivity index (χ2v) is 20.5. The quantitative estimate of drug-likeness (QED) is 0.0723. The van der Waals surface area contributed by atoms with Crippen molar-refractivity contribution in [2.75, 3.05) is 37.6 Å². The molecule has 1 amide bonds. The Hall–Kier alpha value is -3.21. The molecule has 3 aromatic carbocycles. The minimum absolute atomic E-state index is 0.0143. The number of aromatic hydroxyl groups is 1.